The molecule has 2 nitrogen and oxygen atoms in total. The van der Waals surface area contributed by atoms with Gasteiger partial charge in [0, 0.05) is 27.4 Å². The maximum absolute atomic E-state index is 7.07. The monoisotopic (exact) mass is 639 g/mol. The first-order valence-electron chi connectivity index (χ1n) is 17.5. The Morgan fingerprint density at radius 1 is 0.551 bits per heavy atom. The molecule has 7 aromatic rings. The molecule has 1 heterocycles. The zero-order chi connectivity index (χ0) is 34.3. The van der Waals surface area contributed by atoms with Gasteiger partial charge in [0.05, 0.1) is 11.4 Å². The first-order chi connectivity index (χ1) is 23.3. The average molecular weight is 640 g/mol. The number of furan rings is 1. The predicted molar refractivity (Wildman–Crippen MR) is 209 cm³/mol. The summed E-state index contributed by atoms with van der Waals surface area (Å²) in [5.74, 6) is 0. The second-order valence-corrected chi connectivity index (χ2v) is 16.3. The minimum atomic E-state index is -0.122. The molecule has 0 amide bonds. The van der Waals surface area contributed by atoms with Crippen molar-refractivity contribution in [1.82, 2.24) is 0 Å². The van der Waals surface area contributed by atoms with Crippen LogP contribution in [-0.4, -0.2) is 0 Å². The van der Waals surface area contributed by atoms with E-state index in [4.69, 9.17) is 4.42 Å². The van der Waals surface area contributed by atoms with Crippen LogP contribution in [0.15, 0.2) is 132 Å². The molecule has 6 aromatic carbocycles. The number of fused-ring (bicyclic) bond motifs is 6. The second-order valence-electron chi connectivity index (χ2n) is 16.3. The Morgan fingerprint density at radius 2 is 1.20 bits per heavy atom. The van der Waals surface area contributed by atoms with E-state index >= 15 is 0 Å². The number of hydrogen-bond acceptors (Lipinski definition) is 2. The summed E-state index contributed by atoms with van der Waals surface area (Å²) in [4.78, 5) is 2.42. The van der Waals surface area contributed by atoms with Gasteiger partial charge in [-0.05, 0) is 80.1 Å². The average Bonchev–Trinajstić information content (AvgIpc) is 3.57. The summed E-state index contributed by atoms with van der Waals surface area (Å²) in [5.41, 5.74) is 15.2. The Kier molecular flexibility index (Phi) is 6.99. The van der Waals surface area contributed by atoms with Crippen LogP contribution in [0.5, 0.6) is 0 Å². The minimum absolute atomic E-state index is 0.00848. The SMILES string of the molecule is CC(C)(C)c1cc(C(C)(C)C)c2c(c1)oc1c(N(c3ccc4c(c3)C(C)(C)c3ccccc3-4)c3ccccc3-c3ccccc3)cccc12. The van der Waals surface area contributed by atoms with E-state index in [2.05, 4.69) is 188 Å². The van der Waals surface area contributed by atoms with Crippen molar-refractivity contribution in [1.29, 1.82) is 0 Å². The topological polar surface area (TPSA) is 16.4 Å². The number of hydrogen-bond donors (Lipinski definition) is 0. The van der Waals surface area contributed by atoms with Crippen molar-refractivity contribution >= 4 is 39.0 Å². The van der Waals surface area contributed by atoms with Gasteiger partial charge < -0.3 is 9.32 Å². The van der Waals surface area contributed by atoms with Crippen LogP contribution in [0, 0.1) is 0 Å². The lowest BCUT2D eigenvalue weighted by atomic mass is 9.79. The lowest BCUT2D eigenvalue weighted by Gasteiger charge is -2.29. The van der Waals surface area contributed by atoms with Gasteiger partial charge in [-0.3, -0.25) is 0 Å². The van der Waals surface area contributed by atoms with E-state index in [9.17, 15) is 0 Å². The van der Waals surface area contributed by atoms with E-state index in [-0.39, 0.29) is 16.2 Å². The van der Waals surface area contributed by atoms with Gasteiger partial charge in [0.2, 0.25) is 0 Å². The molecular formula is C47H45NO. The zero-order valence-electron chi connectivity index (χ0n) is 30.0. The highest BCUT2D eigenvalue weighted by Gasteiger charge is 2.36. The fraction of sp³-hybridized carbons (Fsp3) is 0.234. The molecule has 0 unspecified atom stereocenters. The van der Waals surface area contributed by atoms with E-state index in [0.29, 0.717) is 0 Å². The van der Waals surface area contributed by atoms with Gasteiger partial charge in [0.15, 0.2) is 5.58 Å². The Hall–Kier alpha value is -5.08. The van der Waals surface area contributed by atoms with E-state index < -0.39 is 0 Å². The molecule has 2 heteroatoms. The standard InChI is InChI=1S/C47H45NO/c1-45(2,3)31-27-39(46(4,5)6)43-36-21-16-24-41(44(36)49-42(43)28-31)48(40-23-15-13-19-33(40)30-17-10-9-11-18-30)32-25-26-35-34-20-12-14-22-37(34)47(7,8)38(35)29-32/h9-29H,1-8H3. The molecule has 244 valence electrons. The van der Waals surface area contributed by atoms with Crippen molar-refractivity contribution in [3.8, 4) is 22.3 Å². The quantitative estimate of drug-likeness (QED) is 0.191. The molecule has 49 heavy (non-hydrogen) atoms. The van der Waals surface area contributed by atoms with Crippen LogP contribution < -0.4 is 4.90 Å². The van der Waals surface area contributed by atoms with Crippen LogP contribution in [0.25, 0.3) is 44.2 Å². The van der Waals surface area contributed by atoms with Gasteiger partial charge in [0.1, 0.15) is 5.58 Å². The maximum Gasteiger partial charge on any atom is 0.159 e. The molecule has 0 atom stereocenters. The number of benzene rings is 6. The Bertz CT molecular complexity index is 2380. The molecule has 0 bridgehead atoms. The summed E-state index contributed by atoms with van der Waals surface area (Å²) in [5, 5.41) is 2.35. The molecular weight excluding hydrogens is 595 g/mol. The predicted octanol–water partition coefficient (Wildman–Crippen LogP) is 13.6. The van der Waals surface area contributed by atoms with Crippen LogP contribution in [0.4, 0.5) is 17.1 Å². The molecule has 0 radical (unpaired) electrons. The summed E-state index contributed by atoms with van der Waals surface area (Å²) in [7, 11) is 0. The molecule has 1 aliphatic carbocycles. The molecule has 0 saturated heterocycles. The Morgan fingerprint density at radius 3 is 1.94 bits per heavy atom. The normalized spacial score (nSPS) is 13.9. The van der Waals surface area contributed by atoms with Crippen molar-refractivity contribution in [3.05, 3.63) is 150 Å². The molecule has 1 aliphatic rings. The molecule has 0 fully saturated rings. The zero-order valence-corrected chi connectivity index (χ0v) is 30.0. The number of rotatable bonds is 4. The van der Waals surface area contributed by atoms with Crippen LogP contribution in [-0.2, 0) is 16.2 Å². The lowest BCUT2D eigenvalue weighted by molar-refractivity contribution is 0.569. The summed E-state index contributed by atoms with van der Waals surface area (Å²) < 4.78 is 7.07. The van der Waals surface area contributed by atoms with Gasteiger partial charge >= 0.3 is 0 Å². The fourth-order valence-electron chi connectivity index (χ4n) is 7.88. The van der Waals surface area contributed by atoms with Gasteiger partial charge in [-0.15, -0.1) is 0 Å². The summed E-state index contributed by atoms with van der Waals surface area (Å²) in [6, 6.07) is 46.7. The number of nitrogens with zero attached hydrogens (tertiary/aromatic N) is 1. The van der Waals surface area contributed by atoms with Crippen LogP contribution in [0.2, 0.25) is 0 Å². The van der Waals surface area contributed by atoms with E-state index in [1.165, 1.54) is 49.9 Å². The van der Waals surface area contributed by atoms with E-state index in [1.807, 2.05) is 0 Å². The summed E-state index contributed by atoms with van der Waals surface area (Å²) >= 11 is 0. The third kappa shape index (κ3) is 5.00. The molecule has 0 N–H and O–H groups in total. The third-order valence-corrected chi connectivity index (χ3v) is 10.5. The number of para-hydroxylation sites is 2. The highest BCUT2D eigenvalue weighted by Crippen LogP contribution is 2.52. The summed E-state index contributed by atoms with van der Waals surface area (Å²) in [6.45, 7) is 18.5. The Labute approximate surface area is 291 Å². The fourth-order valence-corrected chi connectivity index (χ4v) is 7.88. The van der Waals surface area contributed by atoms with Gasteiger partial charge in [-0.25, -0.2) is 0 Å². The maximum atomic E-state index is 7.07. The second kappa shape index (κ2) is 11.0. The van der Waals surface area contributed by atoms with Crippen LogP contribution in [0.3, 0.4) is 0 Å². The number of anilines is 3. The van der Waals surface area contributed by atoms with Gasteiger partial charge in [0.25, 0.3) is 0 Å². The minimum Gasteiger partial charge on any atom is -0.454 e. The van der Waals surface area contributed by atoms with Crippen LogP contribution >= 0.6 is 0 Å². The third-order valence-electron chi connectivity index (χ3n) is 10.5. The van der Waals surface area contributed by atoms with E-state index in [0.717, 1.165) is 33.6 Å². The molecule has 0 aliphatic heterocycles. The van der Waals surface area contributed by atoms with Crippen molar-refractivity contribution in [2.75, 3.05) is 4.90 Å². The highest BCUT2D eigenvalue weighted by molar-refractivity contribution is 6.12. The Balaban J connectivity index is 1.44. The van der Waals surface area contributed by atoms with Crippen molar-refractivity contribution in [3.63, 3.8) is 0 Å². The smallest absolute Gasteiger partial charge is 0.159 e. The van der Waals surface area contributed by atoms with Crippen molar-refractivity contribution in [2.45, 2.75) is 71.6 Å². The molecule has 0 spiro atoms. The molecule has 8 rings (SSSR count). The largest absolute Gasteiger partial charge is 0.454 e. The van der Waals surface area contributed by atoms with E-state index in [1.54, 1.807) is 0 Å². The summed E-state index contributed by atoms with van der Waals surface area (Å²) in [6.07, 6.45) is 0. The first-order valence-corrected chi connectivity index (χ1v) is 17.5. The van der Waals surface area contributed by atoms with Gasteiger partial charge in [-0.2, -0.15) is 0 Å². The molecule has 1 aromatic heterocycles. The lowest BCUT2D eigenvalue weighted by Crippen LogP contribution is -2.17. The highest BCUT2D eigenvalue weighted by atomic mass is 16.3. The molecule has 0 saturated carbocycles. The first kappa shape index (κ1) is 31.2. The van der Waals surface area contributed by atoms with Crippen LogP contribution in [0.1, 0.15) is 77.6 Å². The van der Waals surface area contributed by atoms with Crippen molar-refractivity contribution in [2.24, 2.45) is 0 Å². The van der Waals surface area contributed by atoms with Gasteiger partial charge in [-0.1, -0.05) is 152 Å². The van der Waals surface area contributed by atoms with Crippen molar-refractivity contribution < 1.29 is 4.42 Å².